The van der Waals surface area contributed by atoms with Crippen molar-refractivity contribution in [3.05, 3.63) is 119 Å². The largest absolute Gasteiger partial charge is 0.458 e. The van der Waals surface area contributed by atoms with Crippen molar-refractivity contribution in [2.75, 3.05) is 13.2 Å². The molecule has 2 aromatic rings. The molecule has 1 N–H and O–H groups in total. The van der Waals surface area contributed by atoms with E-state index in [4.69, 9.17) is 25.8 Å². The number of hydrogen-bond donors (Lipinski definition) is 1. The van der Waals surface area contributed by atoms with Gasteiger partial charge in [-0.25, -0.2) is 14.4 Å². The van der Waals surface area contributed by atoms with Crippen molar-refractivity contribution in [3.63, 3.8) is 0 Å². The Bertz CT molecular complexity index is 1290. The van der Waals surface area contributed by atoms with Gasteiger partial charge in [0.15, 0.2) is 0 Å². The van der Waals surface area contributed by atoms with E-state index < -0.39 is 23.8 Å². The predicted octanol–water partition coefficient (Wildman–Crippen LogP) is 5.65. The van der Waals surface area contributed by atoms with Crippen LogP contribution in [-0.2, 0) is 23.9 Å². The number of allylic oxidation sites excluding steroid dienone is 2. The number of halogens is 1. The van der Waals surface area contributed by atoms with E-state index in [1.54, 1.807) is 62.4 Å². The maximum atomic E-state index is 13.0. The van der Waals surface area contributed by atoms with Crippen LogP contribution in [0.15, 0.2) is 102 Å². The van der Waals surface area contributed by atoms with Crippen molar-refractivity contribution in [1.82, 2.24) is 5.32 Å². The molecule has 38 heavy (non-hydrogen) atoms. The number of carbonyl (C=O) groups is 3. The van der Waals surface area contributed by atoms with Crippen LogP contribution >= 0.6 is 11.6 Å². The van der Waals surface area contributed by atoms with Gasteiger partial charge < -0.3 is 19.5 Å². The number of esters is 3. The van der Waals surface area contributed by atoms with Crippen molar-refractivity contribution in [2.45, 2.75) is 19.8 Å². The topological polar surface area (TPSA) is 90.9 Å². The molecule has 1 aliphatic heterocycles. The second-order valence-electron chi connectivity index (χ2n) is 8.25. The Kier molecular flexibility index (Phi) is 9.85. The number of ether oxygens (including phenoxy) is 3. The third-order valence-corrected chi connectivity index (χ3v) is 5.95. The Balaban J connectivity index is 1.90. The van der Waals surface area contributed by atoms with E-state index in [1.165, 1.54) is 18.2 Å². The molecular formula is C30H28ClNO6. The van der Waals surface area contributed by atoms with E-state index in [0.29, 0.717) is 27.5 Å². The lowest BCUT2D eigenvalue weighted by atomic mass is 9.80. The summed E-state index contributed by atoms with van der Waals surface area (Å²) < 4.78 is 16.0. The Morgan fingerprint density at radius 2 is 1.45 bits per heavy atom. The molecule has 1 aliphatic rings. The van der Waals surface area contributed by atoms with Gasteiger partial charge in [-0.2, -0.15) is 0 Å². The predicted molar refractivity (Wildman–Crippen MR) is 146 cm³/mol. The molecule has 0 aliphatic carbocycles. The van der Waals surface area contributed by atoms with E-state index in [1.807, 2.05) is 6.07 Å². The van der Waals surface area contributed by atoms with Crippen LogP contribution in [0.4, 0.5) is 0 Å². The first-order valence-corrected chi connectivity index (χ1v) is 12.1. The quantitative estimate of drug-likeness (QED) is 0.182. The standard InChI is InChI=1S/C30H28ClNO6/c1-5-17-36-29(34)26-19(3)32-20(4)27(30(35)37-18-6-2)28(26)22-11-14-23(15-12-22)38-25(33)16-13-21-9-7-8-10-24(21)31/h5-16,28,32H,1-2,17-18H2,3-4H3. The minimum atomic E-state index is -0.782. The van der Waals surface area contributed by atoms with Crippen LogP contribution < -0.4 is 10.1 Å². The Morgan fingerprint density at radius 1 is 0.895 bits per heavy atom. The molecular weight excluding hydrogens is 506 g/mol. The minimum absolute atomic E-state index is 0.0118. The first kappa shape index (κ1) is 28.2. The maximum Gasteiger partial charge on any atom is 0.337 e. The molecule has 3 rings (SSSR count). The number of nitrogens with one attached hydrogen (secondary N) is 1. The van der Waals surface area contributed by atoms with Crippen molar-refractivity contribution in [2.24, 2.45) is 0 Å². The molecule has 1 heterocycles. The summed E-state index contributed by atoms with van der Waals surface area (Å²) in [7, 11) is 0. The van der Waals surface area contributed by atoms with Crippen molar-refractivity contribution in [3.8, 4) is 5.75 Å². The van der Waals surface area contributed by atoms with Gasteiger partial charge in [0, 0.05) is 22.5 Å². The average Bonchev–Trinajstić information content (AvgIpc) is 2.90. The second kappa shape index (κ2) is 13.3. The molecule has 0 radical (unpaired) electrons. The Morgan fingerprint density at radius 3 is 1.97 bits per heavy atom. The van der Waals surface area contributed by atoms with Gasteiger partial charge in [0.05, 0.1) is 17.1 Å². The molecule has 0 amide bonds. The first-order valence-electron chi connectivity index (χ1n) is 11.8. The molecule has 0 saturated heterocycles. The fourth-order valence-corrected chi connectivity index (χ4v) is 4.14. The van der Waals surface area contributed by atoms with Crippen LogP contribution in [0.5, 0.6) is 5.75 Å². The van der Waals surface area contributed by atoms with Crippen molar-refractivity contribution < 1.29 is 28.6 Å². The van der Waals surface area contributed by atoms with Gasteiger partial charge in [-0.1, -0.05) is 67.2 Å². The first-order chi connectivity index (χ1) is 18.3. The fraction of sp³-hybridized carbons (Fsp3) is 0.167. The summed E-state index contributed by atoms with van der Waals surface area (Å²) >= 11 is 6.11. The Hall–Kier alpha value is -4.36. The van der Waals surface area contributed by atoms with Gasteiger partial charge in [-0.05, 0) is 49.2 Å². The van der Waals surface area contributed by atoms with Crippen LogP contribution in [0.2, 0.25) is 5.02 Å². The summed E-state index contributed by atoms with van der Waals surface area (Å²) in [6.07, 6.45) is 5.77. The molecule has 0 saturated carbocycles. The summed E-state index contributed by atoms with van der Waals surface area (Å²) in [5.41, 5.74) is 2.89. The summed E-state index contributed by atoms with van der Waals surface area (Å²) in [6, 6.07) is 13.6. The molecule has 0 unspecified atom stereocenters. The number of dihydropyridines is 1. The highest BCUT2D eigenvalue weighted by molar-refractivity contribution is 6.32. The lowest BCUT2D eigenvalue weighted by Crippen LogP contribution is -2.32. The SMILES string of the molecule is C=CCOC(=O)C1=C(C)NC(C)=C(C(=O)OCC=C)C1c1ccc(OC(=O)C=Cc2ccccc2Cl)cc1. The molecule has 2 aromatic carbocycles. The van der Waals surface area contributed by atoms with Gasteiger partial charge in [0.2, 0.25) is 0 Å². The highest BCUT2D eigenvalue weighted by atomic mass is 35.5. The highest BCUT2D eigenvalue weighted by Crippen LogP contribution is 2.39. The number of hydrogen-bond acceptors (Lipinski definition) is 7. The van der Waals surface area contributed by atoms with E-state index in [2.05, 4.69) is 18.5 Å². The number of rotatable bonds is 10. The van der Waals surface area contributed by atoms with Crippen molar-refractivity contribution in [1.29, 1.82) is 0 Å². The zero-order chi connectivity index (χ0) is 27.7. The molecule has 0 bridgehead atoms. The van der Waals surface area contributed by atoms with Crippen LogP contribution in [0.3, 0.4) is 0 Å². The molecule has 0 aromatic heterocycles. The summed E-state index contributed by atoms with van der Waals surface area (Å²) in [5.74, 6) is -2.28. The zero-order valence-corrected chi connectivity index (χ0v) is 21.9. The zero-order valence-electron chi connectivity index (χ0n) is 21.2. The third kappa shape index (κ3) is 6.89. The maximum absolute atomic E-state index is 13.0. The second-order valence-corrected chi connectivity index (χ2v) is 8.66. The van der Waals surface area contributed by atoms with E-state index in [0.717, 1.165) is 0 Å². The van der Waals surface area contributed by atoms with Crippen LogP contribution in [0.1, 0.15) is 30.9 Å². The fourth-order valence-electron chi connectivity index (χ4n) is 3.94. The average molecular weight is 534 g/mol. The molecule has 0 spiro atoms. The smallest absolute Gasteiger partial charge is 0.337 e. The van der Waals surface area contributed by atoms with E-state index in [9.17, 15) is 14.4 Å². The number of carbonyl (C=O) groups excluding carboxylic acids is 3. The molecule has 0 fully saturated rings. The lowest BCUT2D eigenvalue weighted by molar-refractivity contribution is -0.139. The lowest BCUT2D eigenvalue weighted by Gasteiger charge is -2.30. The van der Waals surface area contributed by atoms with Gasteiger partial charge in [-0.15, -0.1) is 0 Å². The monoisotopic (exact) mass is 533 g/mol. The van der Waals surface area contributed by atoms with Gasteiger partial charge in [-0.3, -0.25) is 0 Å². The summed E-state index contributed by atoms with van der Waals surface area (Å²) in [5, 5.41) is 3.60. The summed E-state index contributed by atoms with van der Waals surface area (Å²) in [6.45, 7) is 10.6. The normalized spacial score (nSPS) is 13.7. The third-order valence-electron chi connectivity index (χ3n) is 5.60. The van der Waals surface area contributed by atoms with Crippen LogP contribution in [-0.4, -0.2) is 31.1 Å². The van der Waals surface area contributed by atoms with Crippen LogP contribution in [0.25, 0.3) is 6.08 Å². The van der Waals surface area contributed by atoms with Gasteiger partial charge in [0.25, 0.3) is 0 Å². The van der Waals surface area contributed by atoms with Gasteiger partial charge in [0.1, 0.15) is 19.0 Å². The number of benzene rings is 2. The van der Waals surface area contributed by atoms with E-state index >= 15 is 0 Å². The molecule has 7 nitrogen and oxygen atoms in total. The minimum Gasteiger partial charge on any atom is -0.458 e. The van der Waals surface area contributed by atoms with Crippen LogP contribution in [0, 0.1) is 0 Å². The van der Waals surface area contributed by atoms with Gasteiger partial charge >= 0.3 is 17.9 Å². The molecule has 8 heteroatoms. The molecule has 196 valence electrons. The van der Waals surface area contributed by atoms with E-state index in [-0.39, 0.29) is 30.1 Å². The Labute approximate surface area is 226 Å². The van der Waals surface area contributed by atoms with Crippen molar-refractivity contribution >= 4 is 35.6 Å². The summed E-state index contributed by atoms with van der Waals surface area (Å²) in [4.78, 5) is 38.4. The molecule has 0 atom stereocenters. The highest BCUT2D eigenvalue weighted by Gasteiger charge is 2.38.